The van der Waals surface area contributed by atoms with Gasteiger partial charge in [0.15, 0.2) is 0 Å². The van der Waals surface area contributed by atoms with Crippen LogP contribution in [0.3, 0.4) is 0 Å². The minimum absolute atomic E-state index is 0.127. The fourth-order valence-corrected chi connectivity index (χ4v) is 3.75. The molecule has 0 amide bonds. The summed E-state index contributed by atoms with van der Waals surface area (Å²) in [7, 11) is -3.65. The molecular formula is C21H20ClNO3S. The van der Waals surface area contributed by atoms with E-state index in [1.54, 1.807) is 12.1 Å². The summed E-state index contributed by atoms with van der Waals surface area (Å²) in [5.41, 5.74) is 1.94. The molecule has 3 rings (SSSR count). The van der Waals surface area contributed by atoms with Gasteiger partial charge in [-0.3, -0.25) is 0 Å². The third kappa shape index (κ3) is 5.65. The standard InChI is InChI=1S/C21H20ClNO3S/c22-19-11-13-20(14-12-19)27(24,25)23-15-21(18-9-5-2-6-10-18)26-16-17-7-3-1-4-8-17/h1-14,21,23H,15-16H2. The predicted molar refractivity (Wildman–Crippen MR) is 107 cm³/mol. The average Bonchev–Trinajstić information content (AvgIpc) is 2.70. The number of hydrogen-bond acceptors (Lipinski definition) is 3. The summed E-state index contributed by atoms with van der Waals surface area (Å²) in [5.74, 6) is 0. The fraction of sp³-hybridized carbons (Fsp3) is 0.143. The first-order chi connectivity index (χ1) is 13.0. The Bertz CT molecular complexity index is 946. The molecule has 27 heavy (non-hydrogen) atoms. The van der Waals surface area contributed by atoms with E-state index in [1.165, 1.54) is 12.1 Å². The molecule has 0 saturated carbocycles. The van der Waals surface area contributed by atoms with Crippen molar-refractivity contribution in [1.29, 1.82) is 0 Å². The van der Waals surface area contributed by atoms with Gasteiger partial charge in [0.05, 0.1) is 17.6 Å². The molecule has 3 aromatic rings. The third-order valence-corrected chi connectivity index (χ3v) is 5.74. The van der Waals surface area contributed by atoms with E-state index >= 15 is 0 Å². The van der Waals surface area contributed by atoms with Crippen molar-refractivity contribution in [2.75, 3.05) is 6.54 Å². The minimum atomic E-state index is -3.65. The van der Waals surface area contributed by atoms with Crippen LogP contribution in [0.15, 0.2) is 89.8 Å². The zero-order valence-corrected chi connectivity index (χ0v) is 16.2. The average molecular weight is 402 g/mol. The number of benzene rings is 3. The topological polar surface area (TPSA) is 55.4 Å². The zero-order chi connectivity index (χ0) is 19.1. The van der Waals surface area contributed by atoms with Gasteiger partial charge in [0, 0.05) is 11.6 Å². The summed E-state index contributed by atoms with van der Waals surface area (Å²) in [6.07, 6.45) is -0.409. The molecule has 1 unspecified atom stereocenters. The van der Waals surface area contributed by atoms with Gasteiger partial charge in [-0.2, -0.15) is 0 Å². The van der Waals surface area contributed by atoms with E-state index in [0.717, 1.165) is 11.1 Å². The number of rotatable bonds is 8. The number of sulfonamides is 1. The molecule has 0 spiro atoms. The second-order valence-electron chi connectivity index (χ2n) is 6.00. The van der Waals surface area contributed by atoms with Crippen LogP contribution in [0.5, 0.6) is 0 Å². The van der Waals surface area contributed by atoms with Crippen molar-refractivity contribution < 1.29 is 13.2 Å². The first kappa shape index (κ1) is 19.6. The van der Waals surface area contributed by atoms with Gasteiger partial charge in [0.25, 0.3) is 0 Å². The molecule has 6 heteroatoms. The summed E-state index contributed by atoms with van der Waals surface area (Å²) in [6, 6.07) is 25.4. The highest BCUT2D eigenvalue weighted by molar-refractivity contribution is 7.89. The lowest BCUT2D eigenvalue weighted by Gasteiger charge is -2.19. The maximum atomic E-state index is 12.5. The maximum Gasteiger partial charge on any atom is 0.240 e. The van der Waals surface area contributed by atoms with Crippen LogP contribution in [-0.2, 0) is 21.4 Å². The molecule has 0 aliphatic heterocycles. The summed E-state index contributed by atoms with van der Waals surface area (Å²) in [6.45, 7) is 0.519. The van der Waals surface area contributed by atoms with E-state index in [4.69, 9.17) is 16.3 Å². The van der Waals surface area contributed by atoms with Crippen LogP contribution in [0.2, 0.25) is 5.02 Å². The molecule has 140 valence electrons. The van der Waals surface area contributed by atoms with E-state index in [9.17, 15) is 8.42 Å². The molecule has 0 radical (unpaired) electrons. The highest BCUT2D eigenvalue weighted by Crippen LogP contribution is 2.20. The van der Waals surface area contributed by atoms with Gasteiger partial charge in [0.1, 0.15) is 0 Å². The SMILES string of the molecule is O=S(=O)(NCC(OCc1ccccc1)c1ccccc1)c1ccc(Cl)cc1. The van der Waals surface area contributed by atoms with Crippen LogP contribution >= 0.6 is 11.6 Å². The fourth-order valence-electron chi connectivity index (χ4n) is 2.59. The van der Waals surface area contributed by atoms with Gasteiger partial charge in [-0.1, -0.05) is 72.3 Å². The Kier molecular flexibility index (Phi) is 6.63. The normalized spacial score (nSPS) is 12.6. The van der Waals surface area contributed by atoms with Crippen LogP contribution in [0.4, 0.5) is 0 Å². The molecule has 0 heterocycles. The van der Waals surface area contributed by atoms with Crippen molar-refractivity contribution in [3.8, 4) is 0 Å². The van der Waals surface area contributed by atoms with Crippen LogP contribution < -0.4 is 4.72 Å². The zero-order valence-electron chi connectivity index (χ0n) is 14.6. The first-order valence-corrected chi connectivity index (χ1v) is 10.4. The molecule has 0 aromatic heterocycles. The van der Waals surface area contributed by atoms with Crippen LogP contribution in [0.25, 0.3) is 0 Å². The smallest absolute Gasteiger partial charge is 0.240 e. The lowest BCUT2D eigenvalue weighted by molar-refractivity contribution is 0.0432. The Morgan fingerprint density at radius 3 is 2.07 bits per heavy atom. The van der Waals surface area contributed by atoms with Crippen LogP contribution in [0.1, 0.15) is 17.2 Å². The van der Waals surface area contributed by atoms with Gasteiger partial charge in [-0.05, 0) is 35.4 Å². The monoisotopic (exact) mass is 401 g/mol. The highest BCUT2D eigenvalue weighted by atomic mass is 35.5. The lowest BCUT2D eigenvalue weighted by Crippen LogP contribution is -2.29. The Balaban J connectivity index is 1.72. The van der Waals surface area contributed by atoms with Crippen molar-refractivity contribution >= 4 is 21.6 Å². The molecule has 0 aliphatic carbocycles. The Morgan fingerprint density at radius 2 is 1.44 bits per heavy atom. The second kappa shape index (κ2) is 9.15. The van der Waals surface area contributed by atoms with E-state index in [1.807, 2.05) is 60.7 Å². The van der Waals surface area contributed by atoms with Crippen molar-refractivity contribution in [3.05, 3.63) is 101 Å². The third-order valence-electron chi connectivity index (χ3n) is 4.05. The molecule has 4 nitrogen and oxygen atoms in total. The number of halogens is 1. The van der Waals surface area contributed by atoms with E-state index < -0.39 is 16.1 Å². The van der Waals surface area contributed by atoms with Gasteiger partial charge in [0.2, 0.25) is 10.0 Å². The quantitative estimate of drug-likeness (QED) is 0.601. The summed E-state index contributed by atoms with van der Waals surface area (Å²) < 4.78 is 33.7. The van der Waals surface area contributed by atoms with E-state index in [2.05, 4.69) is 4.72 Å². The van der Waals surface area contributed by atoms with Crippen molar-refractivity contribution in [2.24, 2.45) is 0 Å². The molecular weight excluding hydrogens is 382 g/mol. The van der Waals surface area contributed by atoms with Gasteiger partial charge >= 0.3 is 0 Å². The first-order valence-electron chi connectivity index (χ1n) is 8.50. The highest BCUT2D eigenvalue weighted by Gasteiger charge is 2.19. The van der Waals surface area contributed by atoms with Crippen molar-refractivity contribution in [3.63, 3.8) is 0 Å². The van der Waals surface area contributed by atoms with Gasteiger partial charge < -0.3 is 4.74 Å². The Hall–Kier alpha value is -2.18. The molecule has 1 N–H and O–H groups in total. The molecule has 0 fully saturated rings. The lowest BCUT2D eigenvalue weighted by atomic mass is 10.1. The second-order valence-corrected chi connectivity index (χ2v) is 8.21. The molecule has 0 bridgehead atoms. The largest absolute Gasteiger partial charge is 0.367 e. The molecule has 0 saturated heterocycles. The van der Waals surface area contributed by atoms with Crippen LogP contribution in [0, 0.1) is 0 Å². The Labute approximate surface area is 164 Å². The number of ether oxygens (including phenoxy) is 1. The predicted octanol–water partition coefficient (Wildman–Crippen LogP) is 4.58. The maximum absolute atomic E-state index is 12.5. The van der Waals surface area contributed by atoms with Crippen molar-refractivity contribution in [1.82, 2.24) is 4.72 Å². The van der Waals surface area contributed by atoms with Crippen LogP contribution in [-0.4, -0.2) is 15.0 Å². The van der Waals surface area contributed by atoms with Gasteiger partial charge in [-0.25, -0.2) is 13.1 Å². The Morgan fingerprint density at radius 1 is 0.852 bits per heavy atom. The number of nitrogens with one attached hydrogen (secondary N) is 1. The minimum Gasteiger partial charge on any atom is -0.367 e. The van der Waals surface area contributed by atoms with E-state index in [0.29, 0.717) is 11.6 Å². The molecule has 0 aliphatic rings. The summed E-state index contributed by atoms with van der Waals surface area (Å²) in [5, 5.41) is 0.488. The van der Waals surface area contributed by atoms with E-state index in [-0.39, 0.29) is 11.4 Å². The molecule has 1 atom stereocenters. The van der Waals surface area contributed by atoms with Gasteiger partial charge in [-0.15, -0.1) is 0 Å². The van der Waals surface area contributed by atoms with Crippen molar-refractivity contribution in [2.45, 2.75) is 17.6 Å². The molecule has 3 aromatic carbocycles. The summed E-state index contributed by atoms with van der Waals surface area (Å²) in [4.78, 5) is 0.168. The number of hydrogen-bond donors (Lipinski definition) is 1. The summed E-state index contributed by atoms with van der Waals surface area (Å²) >= 11 is 5.83.